The van der Waals surface area contributed by atoms with Crippen LogP contribution in [0.5, 0.6) is 0 Å². The molecule has 0 fully saturated rings. The second-order valence-electron chi connectivity index (χ2n) is 7.90. The van der Waals surface area contributed by atoms with Crippen molar-refractivity contribution < 1.29 is 14.4 Å². The van der Waals surface area contributed by atoms with Gasteiger partial charge in [-0.05, 0) is 36.1 Å². The van der Waals surface area contributed by atoms with Crippen LogP contribution in [0, 0.1) is 5.92 Å². The van der Waals surface area contributed by atoms with E-state index in [4.69, 9.17) is 0 Å². The Bertz CT molecular complexity index is 1150. The van der Waals surface area contributed by atoms with E-state index in [0.29, 0.717) is 27.7 Å². The van der Waals surface area contributed by atoms with Crippen molar-refractivity contribution >= 4 is 34.1 Å². The number of fused-ring (bicyclic) bond motifs is 2. The number of carbonyl (C=O) groups is 3. The highest BCUT2D eigenvalue weighted by Gasteiger charge is 2.34. The summed E-state index contributed by atoms with van der Waals surface area (Å²) in [6.45, 7) is 0. The summed E-state index contributed by atoms with van der Waals surface area (Å²) in [5.41, 5.74) is 3.58. The Morgan fingerprint density at radius 3 is 2.39 bits per heavy atom. The summed E-state index contributed by atoms with van der Waals surface area (Å²) in [6, 6.07) is 11.5. The number of aromatic nitrogens is 2. The molecular formula is C23H20N4O3S. The zero-order chi connectivity index (χ0) is 21.4. The molecule has 8 heteroatoms. The summed E-state index contributed by atoms with van der Waals surface area (Å²) in [4.78, 5) is 46.7. The quantitative estimate of drug-likeness (QED) is 0.660. The molecule has 5 rings (SSSR count). The van der Waals surface area contributed by atoms with E-state index in [1.54, 1.807) is 12.1 Å². The van der Waals surface area contributed by atoms with Crippen molar-refractivity contribution in [2.45, 2.75) is 31.7 Å². The number of hydrogen-bond acceptors (Lipinski definition) is 6. The first-order valence-corrected chi connectivity index (χ1v) is 11.0. The van der Waals surface area contributed by atoms with Crippen LogP contribution in [0.3, 0.4) is 0 Å². The van der Waals surface area contributed by atoms with Crippen LogP contribution in [0.25, 0.3) is 0 Å². The van der Waals surface area contributed by atoms with Gasteiger partial charge in [-0.25, -0.2) is 4.98 Å². The van der Waals surface area contributed by atoms with Gasteiger partial charge in [0.25, 0.3) is 5.91 Å². The number of benzene rings is 1. The van der Waals surface area contributed by atoms with E-state index in [9.17, 15) is 14.4 Å². The van der Waals surface area contributed by atoms with Gasteiger partial charge in [-0.3, -0.25) is 24.7 Å². The molecule has 2 aliphatic rings. The van der Waals surface area contributed by atoms with Gasteiger partial charge in [-0.2, -0.15) is 0 Å². The molecule has 0 aliphatic heterocycles. The number of Topliss-reactive ketones (excluding diaryl/α,β-unsaturated/α-hetero) is 1. The van der Waals surface area contributed by atoms with Gasteiger partial charge in [0.15, 0.2) is 10.9 Å². The topological polar surface area (TPSA) is 101 Å². The molecule has 2 N–H and O–H groups in total. The molecule has 0 radical (unpaired) electrons. The van der Waals surface area contributed by atoms with Crippen LogP contribution in [0.15, 0.2) is 48.8 Å². The maximum Gasteiger partial charge on any atom is 0.257 e. The Morgan fingerprint density at radius 1 is 0.968 bits per heavy atom. The molecule has 0 unspecified atom stereocenters. The van der Waals surface area contributed by atoms with Gasteiger partial charge in [-0.15, -0.1) is 0 Å². The predicted octanol–water partition coefficient (Wildman–Crippen LogP) is 2.82. The Kier molecular flexibility index (Phi) is 5.07. The van der Waals surface area contributed by atoms with E-state index in [1.165, 1.54) is 23.5 Å². The van der Waals surface area contributed by atoms with Crippen LogP contribution >= 0.6 is 11.3 Å². The van der Waals surface area contributed by atoms with Crippen LogP contribution in [-0.4, -0.2) is 33.6 Å². The molecule has 156 valence electrons. The fourth-order valence-corrected chi connectivity index (χ4v) is 5.16. The first-order chi connectivity index (χ1) is 15.1. The number of ketones is 1. The minimum absolute atomic E-state index is 0.0621. The Morgan fingerprint density at radius 2 is 1.68 bits per heavy atom. The van der Waals surface area contributed by atoms with Crippen molar-refractivity contribution in [1.29, 1.82) is 0 Å². The Labute approximate surface area is 182 Å². The highest BCUT2D eigenvalue weighted by molar-refractivity contribution is 7.17. The van der Waals surface area contributed by atoms with Crippen LogP contribution in [0.2, 0.25) is 0 Å². The van der Waals surface area contributed by atoms with E-state index in [1.807, 2.05) is 12.1 Å². The fourth-order valence-electron chi connectivity index (χ4n) is 4.22. The van der Waals surface area contributed by atoms with Gasteiger partial charge in [0, 0.05) is 36.8 Å². The van der Waals surface area contributed by atoms with Crippen LogP contribution < -0.4 is 10.6 Å². The summed E-state index contributed by atoms with van der Waals surface area (Å²) in [5, 5.41) is 6.22. The number of thiazole rings is 1. The largest absolute Gasteiger partial charge is 0.352 e. The number of anilines is 1. The van der Waals surface area contributed by atoms with Crippen molar-refractivity contribution in [1.82, 2.24) is 15.3 Å². The first-order valence-electron chi connectivity index (χ1n) is 10.2. The van der Waals surface area contributed by atoms with Crippen LogP contribution in [-0.2, 0) is 24.1 Å². The normalized spacial score (nSPS) is 17.7. The molecule has 3 aromatic rings. The number of hydrogen-bond donors (Lipinski definition) is 2. The van der Waals surface area contributed by atoms with Crippen molar-refractivity contribution in [3.8, 4) is 0 Å². The minimum Gasteiger partial charge on any atom is -0.352 e. The average molecular weight is 433 g/mol. The SMILES string of the molecule is O=C(Nc1nc2c(s1)C(=O)C[C@@H](C(=O)NC1Cc3ccccc3C1)C2)c1ccncc1. The lowest BCUT2D eigenvalue weighted by Crippen LogP contribution is -2.41. The van der Waals surface area contributed by atoms with Crippen molar-refractivity contribution in [3.63, 3.8) is 0 Å². The van der Waals surface area contributed by atoms with E-state index >= 15 is 0 Å². The Hall–Kier alpha value is -3.39. The molecule has 2 aromatic heterocycles. The molecule has 7 nitrogen and oxygen atoms in total. The summed E-state index contributed by atoms with van der Waals surface area (Å²) < 4.78 is 0. The van der Waals surface area contributed by atoms with Crippen molar-refractivity contribution in [2.75, 3.05) is 5.32 Å². The number of pyridine rings is 1. The molecule has 1 atom stereocenters. The summed E-state index contributed by atoms with van der Waals surface area (Å²) in [6.07, 6.45) is 5.27. The third kappa shape index (κ3) is 3.98. The standard InChI is InChI=1S/C23H20N4O3S/c28-19-12-16(22(30)25-17-9-14-3-1-2-4-15(14)10-17)11-18-20(19)31-23(26-18)27-21(29)13-5-7-24-8-6-13/h1-8,16-17H,9-12H2,(H,25,30)(H,26,27,29)/t16-/m0/s1. The molecule has 0 saturated carbocycles. The number of nitrogens with zero attached hydrogens (tertiary/aromatic N) is 2. The van der Waals surface area contributed by atoms with E-state index < -0.39 is 5.92 Å². The molecule has 31 heavy (non-hydrogen) atoms. The lowest BCUT2D eigenvalue weighted by molar-refractivity contribution is -0.125. The Balaban J connectivity index is 1.24. The molecule has 1 aromatic carbocycles. The fraction of sp³-hybridized carbons (Fsp3) is 0.261. The third-order valence-corrected chi connectivity index (χ3v) is 6.81. The minimum atomic E-state index is -0.436. The third-order valence-electron chi connectivity index (χ3n) is 5.75. The number of rotatable bonds is 4. The lowest BCUT2D eigenvalue weighted by Gasteiger charge is -2.22. The van der Waals surface area contributed by atoms with Gasteiger partial charge in [-0.1, -0.05) is 35.6 Å². The number of nitrogens with one attached hydrogen (secondary N) is 2. The zero-order valence-electron chi connectivity index (χ0n) is 16.6. The molecule has 2 heterocycles. The van der Waals surface area contributed by atoms with Gasteiger partial charge < -0.3 is 5.32 Å². The zero-order valence-corrected chi connectivity index (χ0v) is 17.4. The molecular weight excluding hydrogens is 412 g/mol. The summed E-state index contributed by atoms with van der Waals surface area (Å²) >= 11 is 1.16. The van der Waals surface area contributed by atoms with Gasteiger partial charge in [0.1, 0.15) is 0 Å². The van der Waals surface area contributed by atoms with Gasteiger partial charge in [0.05, 0.1) is 16.5 Å². The first kappa shape index (κ1) is 19.6. The maximum absolute atomic E-state index is 12.9. The second kappa shape index (κ2) is 8.03. The van der Waals surface area contributed by atoms with Crippen molar-refractivity contribution in [2.24, 2.45) is 5.92 Å². The molecule has 0 bridgehead atoms. The van der Waals surface area contributed by atoms with E-state index in [-0.39, 0.29) is 30.1 Å². The number of amides is 2. The number of carbonyl (C=O) groups excluding carboxylic acids is 3. The smallest absolute Gasteiger partial charge is 0.257 e. The maximum atomic E-state index is 12.9. The van der Waals surface area contributed by atoms with E-state index in [2.05, 4.69) is 32.7 Å². The average Bonchev–Trinajstić information content (AvgIpc) is 3.37. The van der Waals surface area contributed by atoms with Crippen LogP contribution in [0.1, 0.15) is 43.3 Å². The second-order valence-corrected chi connectivity index (χ2v) is 8.89. The highest BCUT2D eigenvalue weighted by atomic mass is 32.1. The molecule has 2 amide bonds. The molecule has 2 aliphatic carbocycles. The predicted molar refractivity (Wildman–Crippen MR) is 116 cm³/mol. The highest BCUT2D eigenvalue weighted by Crippen LogP contribution is 2.33. The summed E-state index contributed by atoms with van der Waals surface area (Å²) in [7, 11) is 0. The van der Waals surface area contributed by atoms with Gasteiger partial charge in [0.2, 0.25) is 5.91 Å². The summed E-state index contributed by atoms with van der Waals surface area (Å²) in [5.74, 6) is -0.948. The molecule has 0 spiro atoms. The monoisotopic (exact) mass is 432 g/mol. The van der Waals surface area contributed by atoms with E-state index in [0.717, 1.165) is 24.2 Å². The van der Waals surface area contributed by atoms with Gasteiger partial charge >= 0.3 is 0 Å². The lowest BCUT2D eigenvalue weighted by atomic mass is 9.89. The van der Waals surface area contributed by atoms with Crippen molar-refractivity contribution in [3.05, 3.63) is 76.1 Å². The van der Waals surface area contributed by atoms with Crippen LogP contribution in [0.4, 0.5) is 5.13 Å². The molecule has 0 saturated heterocycles.